The third-order valence-corrected chi connectivity index (χ3v) is 4.62. The lowest BCUT2D eigenvalue weighted by Gasteiger charge is -2.01. The highest BCUT2D eigenvalue weighted by Gasteiger charge is 2.09. The van der Waals surface area contributed by atoms with E-state index in [9.17, 15) is 14.9 Å². The SMILES string of the molecule is Cc1cccc2[nH]c(-c3ccc(C(=O)N/N=C/c4ccc([N+](=O)[O-])cc4)cc3)nc12. The normalized spacial score (nSPS) is 11.1. The molecule has 30 heavy (non-hydrogen) atoms. The smallest absolute Gasteiger partial charge is 0.271 e. The number of hydrogen-bond acceptors (Lipinski definition) is 5. The molecule has 0 aliphatic carbocycles. The number of imidazole rings is 1. The van der Waals surface area contributed by atoms with E-state index in [2.05, 4.69) is 20.5 Å². The third-order valence-electron chi connectivity index (χ3n) is 4.62. The summed E-state index contributed by atoms with van der Waals surface area (Å²) in [6.07, 6.45) is 1.42. The van der Waals surface area contributed by atoms with Crippen molar-refractivity contribution in [3.63, 3.8) is 0 Å². The Labute approximate surface area is 171 Å². The van der Waals surface area contributed by atoms with Gasteiger partial charge in [0.25, 0.3) is 11.6 Å². The molecule has 1 aromatic heterocycles. The van der Waals surface area contributed by atoms with E-state index in [-0.39, 0.29) is 11.6 Å². The fraction of sp³-hybridized carbons (Fsp3) is 0.0455. The van der Waals surface area contributed by atoms with Gasteiger partial charge in [0.05, 0.1) is 22.2 Å². The molecule has 3 aromatic carbocycles. The van der Waals surface area contributed by atoms with Crippen LogP contribution < -0.4 is 5.43 Å². The molecule has 0 aliphatic rings. The van der Waals surface area contributed by atoms with Crippen LogP contribution in [0.2, 0.25) is 0 Å². The molecule has 4 rings (SSSR count). The van der Waals surface area contributed by atoms with Crippen LogP contribution in [0, 0.1) is 17.0 Å². The summed E-state index contributed by atoms with van der Waals surface area (Å²) >= 11 is 0. The fourth-order valence-corrected chi connectivity index (χ4v) is 3.00. The number of nitro groups is 1. The molecule has 0 spiro atoms. The number of carbonyl (C=O) groups excluding carboxylic acids is 1. The molecule has 148 valence electrons. The maximum absolute atomic E-state index is 12.3. The molecule has 2 N–H and O–H groups in total. The van der Waals surface area contributed by atoms with Gasteiger partial charge in [-0.3, -0.25) is 14.9 Å². The predicted molar refractivity (Wildman–Crippen MR) is 114 cm³/mol. The number of aryl methyl sites for hydroxylation is 1. The Hall–Kier alpha value is -4.33. The van der Waals surface area contributed by atoms with E-state index in [1.54, 1.807) is 24.3 Å². The fourth-order valence-electron chi connectivity index (χ4n) is 3.00. The van der Waals surface area contributed by atoms with Crippen LogP contribution in [0.4, 0.5) is 5.69 Å². The van der Waals surface area contributed by atoms with Crippen molar-refractivity contribution in [3.8, 4) is 11.4 Å². The van der Waals surface area contributed by atoms with Gasteiger partial charge in [-0.15, -0.1) is 0 Å². The average molecular weight is 399 g/mol. The van der Waals surface area contributed by atoms with Crippen molar-refractivity contribution in [2.75, 3.05) is 0 Å². The van der Waals surface area contributed by atoms with Gasteiger partial charge in [0.15, 0.2) is 0 Å². The highest BCUT2D eigenvalue weighted by Crippen LogP contribution is 2.22. The number of aromatic amines is 1. The molecule has 0 fully saturated rings. The Morgan fingerprint density at radius 1 is 1.10 bits per heavy atom. The first-order valence-electron chi connectivity index (χ1n) is 9.15. The zero-order valence-corrected chi connectivity index (χ0v) is 16.0. The van der Waals surface area contributed by atoms with Gasteiger partial charge >= 0.3 is 0 Å². The zero-order chi connectivity index (χ0) is 21.1. The van der Waals surface area contributed by atoms with Gasteiger partial charge in [0.2, 0.25) is 0 Å². The minimum atomic E-state index is -0.473. The molecule has 0 saturated heterocycles. The number of fused-ring (bicyclic) bond motifs is 1. The number of benzene rings is 3. The summed E-state index contributed by atoms with van der Waals surface area (Å²) in [7, 11) is 0. The summed E-state index contributed by atoms with van der Waals surface area (Å²) in [6.45, 7) is 2.01. The van der Waals surface area contributed by atoms with Crippen LogP contribution in [-0.4, -0.2) is 27.0 Å². The lowest BCUT2D eigenvalue weighted by Crippen LogP contribution is -2.17. The molecule has 1 amide bonds. The van der Waals surface area contributed by atoms with Gasteiger partial charge in [0, 0.05) is 23.3 Å². The summed E-state index contributed by atoms with van der Waals surface area (Å²) in [5.74, 6) is 0.377. The Kier molecular flexibility index (Phi) is 5.04. The molecule has 1 heterocycles. The minimum Gasteiger partial charge on any atom is -0.338 e. The number of non-ortho nitro benzene ring substituents is 1. The molecule has 0 aliphatic heterocycles. The lowest BCUT2D eigenvalue weighted by atomic mass is 10.1. The quantitative estimate of drug-likeness (QED) is 0.297. The van der Waals surface area contributed by atoms with Gasteiger partial charge in [-0.05, 0) is 48.4 Å². The first-order chi connectivity index (χ1) is 14.5. The second kappa shape index (κ2) is 7.96. The van der Waals surface area contributed by atoms with Crippen LogP contribution in [0.15, 0.2) is 71.8 Å². The number of amides is 1. The van der Waals surface area contributed by atoms with Crippen molar-refractivity contribution in [2.45, 2.75) is 6.92 Å². The number of nitro benzene ring substituents is 1. The second-order valence-electron chi connectivity index (χ2n) is 6.68. The van der Waals surface area contributed by atoms with Crippen molar-refractivity contribution in [1.82, 2.24) is 15.4 Å². The number of nitrogens with zero attached hydrogens (tertiary/aromatic N) is 3. The molecule has 8 heteroatoms. The van der Waals surface area contributed by atoms with Crippen molar-refractivity contribution < 1.29 is 9.72 Å². The molecular weight excluding hydrogens is 382 g/mol. The number of H-pyrrole nitrogens is 1. The van der Waals surface area contributed by atoms with Crippen LogP contribution in [-0.2, 0) is 0 Å². The number of nitrogens with one attached hydrogen (secondary N) is 2. The van der Waals surface area contributed by atoms with Crippen molar-refractivity contribution in [2.24, 2.45) is 5.10 Å². The van der Waals surface area contributed by atoms with Gasteiger partial charge in [-0.2, -0.15) is 5.10 Å². The van der Waals surface area contributed by atoms with E-state index in [1.165, 1.54) is 18.3 Å². The van der Waals surface area contributed by atoms with E-state index >= 15 is 0 Å². The Morgan fingerprint density at radius 2 is 1.83 bits per heavy atom. The minimum absolute atomic E-state index is 0.00381. The van der Waals surface area contributed by atoms with Crippen LogP contribution >= 0.6 is 0 Å². The van der Waals surface area contributed by atoms with Gasteiger partial charge in [-0.25, -0.2) is 10.4 Å². The van der Waals surface area contributed by atoms with E-state index in [0.29, 0.717) is 11.1 Å². The van der Waals surface area contributed by atoms with Crippen molar-refractivity contribution >= 4 is 28.8 Å². The number of hydrogen-bond donors (Lipinski definition) is 2. The first-order valence-corrected chi connectivity index (χ1v) is 9.15. The lowest BCUT2D eigenvalue weighted by molar-refractivity contribution is -0.384. The third kappa shape index (κ3) is 3.93. The summed E-state index contributed by atoms with van der Waals surface area (Å²) in [4.78, 5) is 30.4. The van der Waals surface area contributed by atoms with Gasteiger partial charge < -0.3 is 4.98 Å². The van der Waals surface area contributed by atoms with Crippen molar-refractivity contribution in [1.29, 1.82) is 0 Å². The summed E-state index contributed by atoms with van der Waals surface area (Å²) in [5, 5.41) is 14.6. The van der Waals surface area contributed by atoms with Crippen molar-refractivity contribution in [3.05, 3.63) is 93.5 Å². The number of rotatable bonds is 5. The van der Waals surface area contributed by atoms with E-state index < -0.39 is 4.92 Å². The summed E-state index contributed by atoms with van der Waals surface area (Å²) < 4.78 is 0. The highest BCUT2D eigenvalue weighted by molar-refractivity contribution is 5.95. The Balaban J connectivity index is 1.43. The van der Waals surface area contributed by atoms with E-state index in [1.807, 2.05) is 37.3 Å². The number of aromatic nitrogens is 2. The second-order valence-corrected chi connectivity index (χ2v) is 6.68. The summed E-state index contributed by atoms with van der Waals surface area (Å²) in [6, 6.07) is 18.9. The zero-order valence-electron chi connectivity index (χ0n) is 16.0. The average Bonchev–Trinajstić information content (AvgIpc) is 3.20. The number of carbonyl (C=O) groups is 1. The standard InChI is InChI=1S/C22H17N5O3/c1-14-3-2-4-19-20(14)25-21(24-19)16-7-9-17(10-8-16)22(28)26-23-13-15-5-11-18(12-6-15)27(29)30/h2-13H,1H3,(H,24,25)(H,26,28)/b23-13+. The number of para-hydroxylation sites is 1. The first kappa shape index (κ1) is 19.0. The van der Waals surface area contributed by atoms with E-state index in [0.717, 1.165) is 28.0 Å². The van der Waals surface area contributed by atoms with Crippen LogP contribution in [0.1, 0.15) is 21.5 Å². The largest absolute Gasteiger partial charge is 0.338 e. The molecule has 0 bridgehead atoms. The Bertz CT molecular complexity index is 1260. The molecule has 0 unspecified atom stereocenters. The Morgan fingerprint density at radius 3 is 2.50 bits per heavy atom. The maximum atomic E-state index is 12.3. The van der Waals surface area contributed by atoms with Gasteiger partial charge in [0.1, 0.15) is 5.82 Å². The topological polar surface area (TPSA) is 113 Å². The molecule has 0 saturated carbocycles. The molecular formula is C22H17N5O3. The highest BCUT2D eigenvalue weighted by atomic mass is 16.6. The summed E-state index contributed by atoms with van der Waals surface area (Å²) in [5.41, 5.74) is 7.39. The van der Waals surface area contributed by atoms with Crippen LogP contribution in [0.3, 0.4) is 0 Å². The number of hydrazone groups is 1. The molecule has 0 atom stereocenters. The van der Waals surface area contributed by atoms with Crippen LogP contribution in [0.5, 0.6) is 0 Å². The van der Waals surface area contributed by atoms with E-state index in [4.69, 9.17) is 0 Å². The monoisotopic (exact) mass is 399 g/mol. The maximum Gasteiger partial charge on any atom is 0.271 e. The molecule has 4 aromatic rings. The van der Waals surface area contributed by atoms with Crippen LogP contribution in [0.25, 0.3) is 22.4 Å². The molecule has 8 nitrogen and oxygen atoms in total. The molecule has 0 radical (unpaired) electrons. The van der Waals surface area contributed by atoms with Gasteiger partial charge in [-0.1, -0.05) is 24.3 Å². The predicted octanol–water partition coefficient (Wildman–Crippen LogP) is 4.21.